The van der Waals surface area contributed by atoms with Gasteiger partial charge in [-0.15, -0.1) is 0 Å². The van der Waals surface area contributed by atoms with Gasteiger partial charge in [0.25, 0.3) is 0 Å². The van der Waals surface area contributed by atoms with E-state index >= 15 is 0 Å². The zero-order valence-corrected chi connectivity index (χ0v) is 10.2. The van der Waals surface area contributed by atoms with Gasteiger partial charge in [-0.25, -0.2) is 15.8 Å². The lowest BCUT2D eigenvalue weighted by Gasteiger charge is -2.14. The predicted octanol–water partition coefficient (Wildman–Crippen LogP) is 1.93. The van der Waals surface area contributed by atoms with Gasteiger partial charge in [-0.05, 0) is 13.3 Å². The summed E-state index contributed by atoms with van der Waals surface area (Å²) in [6.07, 6.45) is 3.07. The lowest BCUT2D eigenvalue weighted by atomic mass is 10.2. The van der Waals surface area contributed by atoms with E-state index in [2.05, 4.69) is 34.6 Å². The number of aromatic nitrogens is 2. The molecule has 1 aromatic rings. The fourth-order valence-electron chi connectivity index (χ4n) is 1.56. The van der Waals surface area contributed by atoms with Crippen LogP contribution in [0.25, 0.3) is 0 Å². The van der Waals surface area contributed by atoms with Crippen molar-refractivity contribution in [2.45, 2.75) is 46.1 Å². The van der Waals surface area contributed by atoms with Gasteiger partial charge in [0.05, 0.1) is 0 Å². The first-order valence-corrected chi connectivity index (χ1v) is 5.80. The van der Waals surface area contributed by atoms with Crippen molar-refractivity contribution in [3.8, 4) is 0 Å². The monoisotopic (exact) mass is 223 g/mol. The van der Waals surface area contributed by atoms with Gasteiger partial charge in [-0.1, -0.05) is 20.3 Å². The molecule has 1 unspecified atom stereocenters. The summed E-state index contributed by atoms with van der Waals surface area (Å²) >= 11 is 0. The molecule has 4 N–H and O–H groups in total. The summed E-state index contributed by atoms with van der Waals surface area (Å²) in [7, 11) is 0. The van der Waals surface area contributed by atoms with E-state index in [4.69, 9.17) is 5.84 Å². The smallest absolute Gasteiger partial charge is 0.145 e. The number of nitrogens with zero attached hydrogens (tertiary/aromatic N) is 2. The molecule has 0 aliphatic heterocycles. The number of hydrogen-bond donors (Lipinski definition) is 3. The molecule has 0 radical (unpaired) electrons. The Labute approximate surface area is 96.8 Å². The van der Waals surface area contributed by atoms with Crippen LogP contribution in [-0.2, 0) is 6.42 Å². The molecule has 1 heterocycles. The molecular formula is C11H21N5. The summed E-state index contributed by atoms with van der Waals surface area (Å²) in [4.78, 5) is 8.64. The maximum atomic E-state index is 5.36. The van der Waals surface area contributed by atoms with Crippen molar-refractivity contribution < 1.29 is 0 Å². The molecule has 1 atom stereocenters. The van der Waals surface area contributed by atoms with E-state index in [1.165, 1.54) is 0 Å². The van der Waals surface area contributed by atoms with E-state index in [0.717, 1.165) is 30.9 Å². The number of aryl methyl sites for hydroxylation is 1. The molecule has 0 saturated heterocycles. The Morgan fingerprint density at radius 3 is 2.56 bits per heavy atom. The molecule has 5 heteroatoms. The van der Waals surface area contributed by atoms with Gasteiger partial charge in [0.1, 0.15) is 17.5 Å². The van der Waals surface area contributed by atoms with E-state index in [0.29, 0.717) is 11.9 Å². The Bertz CT molecular complexity index is 304. The average molecular weight is 223 g/mol. The van der Waals surface area contributed by atoms with Crippen LogP contribution < -0.4 is 16.6 Å². The molecule has 1 rings (SSSR count). The van der Waals surface area contributed by atoms with Crippen LogP contribution in [0.1, 0.15) is 39.4 Å². The van der Waals surface area contributed by atoms with E-state index in [1.54, 1.807) is 0 Å². The van der Waals surface area contributed by atoms with Crippen LogP contribution in [0.5, 0.6) is 0 Å². The van der Waals surface area contributed by atoms with Crippen molar-refractivity contribution in [3.63, 3.8) is 0 Å². The van der Waals surface area contributed by atoms with Gasteiger partial charge < -0.3 is 10.7 Å². The average Bonchev–Trinajstić information content (AvgIpc) is 2.28. The molecule has 0 bridgehead atoms. The number of hydrogen-bond acceptors (Lipinski definition) is 5. The fraction of sp³-hybridized carbons (Fsp3) is 0.636. The predicted molar refractivity (Wildman–Crippen MR) is 67.2 cm³/mol. The molecule has 0 spiro atoms. The van der Waals surface area contributed by atoms with Gasteiger partial charge in [0.15, 0.2) is 0 Å². The van der Waals surface area contributed by atoms with Crippen LogP contribution in [-0.4, -0.2) is 16.0 Å². The maximum Gasteiger partial charge on any atom is 0.145 e. The second-order valence-corrected chi connectivity index (χ2v) is 3.89. The molecule has 0 saturated carbocycles. The number of rotatable bonds is 6. The summed E-state index contributed by atoms with van der Waals surface area (Å²) in [6, 6.07) is 2.24. The summed E-state index contributed by atoms with van der Waals surface area (Å²) in [6.45, 7) is 6.34. The highest BCUT2D eigenvalue weighted by Crippen LogP contribution is 2.13. The molecule has 0 aromatic carbocycles. The standard InChI is InChI=1S/C11H21N5/c1-4-6-8(3)13-10-7-11(16-12)15-9(5-2)14-10/h7-8H,4-6,12H2,1-3H3,(H2,13,14,15,16). The molecule has 0 fully saturated rings. The third-order valence-electron chi connectivity index (χ3n) is 2.35. The van der Waals surface area contributed by atoms with Crippen molar-refractivity contribution >= 4 is 11.6 Å². The van der Waals surface area contributed by atoms with Gasteiger partial charge in [0.2, 0.25) is 0 Å². The molecular weight excluding hydrogens is 202 g/mol. The third kappa shape index (κ3) is 3.66. The van der Waals surface area contributed by atoms with E-state index < -0.39 is 0 Å². The summed E-state index contributed by atoms with van der Waals surface area (Å²) in [5, 5.41) is 3.35. The molecule has 0 aliphatic carbocycles. The minimum absolute atomic E-state index is 0.412. The van der Waals surface area contributed by atoms with Gasteiger partial charge >= 0.3 is 0 Å². The maximum absolute atomic E-state index is 5.36. The molecule has 0 aliphatic rings. The highest BCUT2D eigenvalue weighted by molar-refractivity contribution is 5.47. The Kier molecular flexibility index (Phi) is 4.98. The van der Waals surface area contributed by atoms with Gasteiger partial charge in [-0.3, -0.25) is 0 Å². The van der Waals surface area contributed by atoms with Crippen LogP contribution >= 0.6 is 0 Å². The van der Waals surface area contributed by atoms with Crippen molar-refractivity contribution in [1.82, 2.24) is 9.97 Å². The third-order valence-corrected chi connectivity index (χ3v) is 2.35. The topological polar surface area (TPSA) is 75.9 Å². The highest BCUT2D eigenvalue weighted by atomic mass is 15.3. The van der Waals surface area contributed by atoms with E-state index in [9.17, 15) is 0 Å². The molecule has 0 amide bonds. The number of anilines is 2. The van der Waals surface area contributed by atoms with Gasteiger partial charge in [-0.2, -0.15) is 0 Å². The van der Waals surface area contributed by atoms with Crippen molar-refractivity contribution in [3.05, 3.63) is 11.9 Å². The van der Waals surface area contributed by atoms with Crippen LogP contribution in [0.2, 0.25) is 0 Å². The van der Waals surface area contributed by atoms with Crippen LogP contribution in [0, 0.1) is 0 Å². The Morgan fingerprint density at radius 1 is 1.31 bits per heavy atom. The number of hydrazine groups is 1. The van der Waals surface area contributed by atoms with Gasteiger partial charge in [0, 0.05) is 18.5 Å². The van der Waals surface area contributed by atoms with Crippen molar-refractivity contribution in [2.75, 3.05) is 10.7 Å². The van der Waals surface area contributed by atoms with Crippen LogP contribution in [0.15, 0.2) is 6.07 Å². The number of nitrogen functional groups attached to an aromatic ring is 1. The first-order valence-electron chi connectivity index (χ1n) is 5.80. The van der Waals surface area contributed by atoms with Crippen molar-refractivity contribution in [2.24, 2.45) is 5.84 Å². The second-order valence-electron chi connectivity index (χ2n) is 3.89. The zero-order valence-electron chi connectivity index (χ0n) is 10.2. The highest BCUT2D eigenvalue weighted by Gasteiger charge is 2.05. The molecule has 1 aromatic heterocycles. The van der Waals surface area contributed by atoms with E-state index in [1.807, 2.05) is 13.0 Å². The fourth-order valence-corrected chi connectivity index (χ4v) is 1.56. The second kappa shape index (κ2) is 6.27. The Balaban J connectivity index is 2.78. The SMILES string of the molecule is CCCC(C)Nc1cc(NN)nc(CC)n1. The number of nitrogens with two attached hydrogens (primary N) is 1. The summed E-state index contributed by atoms with van der Waals surface area (Å²) < 4.78 is 0. The minimum atomic E-state index is 0.412. The Hall–Kier alpha value is -1.36. The lowest BCUT2D eigenvalue weighted by Crippen LogP contribution is -2.17. The normalized spacial score (nSPS) is 12.2. The van der Waals surface area contributed by atoms with E-state index in [-0.39, 0.29) is 0 Å². The largest absolute Gasteiger partial charge is 0.367 e. The quantitative estimate of drug-likeness (QED) is 0.507. The zero-order chi connectivity index (χ0) is 12.0. The lowest BCUT2D eigenvalue weighted by molar-refractivity contribution is 0.686. The summed E-state index contributed by atoms with van der Waals surface area (Å²) in [5.74, 6) is 7.64. The van der Waals surface area contributed by atoms with Crippen molar-refractivity contribution in [1.29, 1.82) is 0 Å². The van der Waals surface area contributed by atoms with Crippen LogP contribution in [0.4, 0.5) is 11.6 Å². The number of nitrogens with one attached hydrogen (secondary N) is 2. The molecule has 5 nitrogen and oxygen atoms in total. The Morgan fingerprint density at radius 2 is 2.00 bits per heavy atom. The van der Waals surface area contributed by atoms with Crippen LogP contribution in [0.3, 0.4) is 0 Å². The molecule has 90 valence electrons. The summed E-state index contributed by atoms with van der Waals surface area (Å²) in [5.41, 5.74) is 2.56. The minimum Gasteiger partial charge on any atom is -0.367 e. The molecule has 16 heavy (non-hydrogen) atoms. The first-order chi connectivity index (χ1) is 7.69. The first kappa shape index (κ1) is 12.7.